The number of carbonyl (C=O) groups excluding carboxylic acids is 1. The Kier molecular flexibility index (Phi) is 4.06. The summed E-state index contributed by atoms with van der Waals surface area (Å²) in [5.74, 6) is -0.984. The molecule has 0 aromatic carbocycles. The highest BCUT2D eigenvalue weighted by Crippen LogP contribution is 2.34. The smallest absolute Gasteiger partial charge is 0.323 e. The molecule has 2 heterocycles. The van der Waals surface area contributed by atoms with Crippen molar-refractivity contribution < 1.29 is 19.4 Å². The van der Waals surface area contributed by atoms with E-state index >= 15 is 0 Å². The van der Waals surface area contributed by atoms with Gasteiger partial charge in [-0.25, -0.2) is 4.79 Å². The number of ether oxygens (including phenoxy) is 1. The Balaban J connectivity index is 1.86. The highest BCUT2D eigenvalue weighted by Gasteiger charge is 2.41. The molecule has 2 aliphatic rings. The molecule has 0 saturated carbocycles. The fraction of sp³-hybridized carbons (Fsp3) is 0.833. The summed E-state index contributed by atoms with van der Waals surface area (Å²) in [6.07, 6.45) is 4.05. The standard InChI is InChI=1S/C12H20N2O4/c1-2-5-14(7-11(15)16)12(17)13-9-6-8-3-4-10(9)18-8/h8-10H,2-7H2,1H3,(H,13,17)(H,15,16). The minimum absolute atomic E-state index is 0.0457. The summed E-state index contributed by atoms with van der Waals surface area (Å²) in [4.78, 5) is 24.0. The van der Waals surface area contributed by atoms with Crippen LogP contribution in [0.25, 0.3) is 0 Å². The van der Waals surface area contributed by atoms with Crippen molar-refractivity contribution in [3.63, 3.8) is 0 Å². The van der Waals surface area contributed by atoms with Gasteiger partial charge in [0.2, 0.25) is 0 Å². The second-order valence-electron chi connectivity index (χ2n) is 4.98. The van der Waals surface area contributed by atoms with Gasteiger partial charge in [0.15, 0.2) is 0 Å². The molecule has 0 aromatic heterocycles. The number of carboxylic acid groups (broad SMARTS) is 1. The van der Waals surface area contributed by atoms with Crippen LogP contribution in [-0.4, -0.2) is 53.3 Å². The van der Waals surface area contributed by atoms with E-state index < -0.39 is 5.97 Å². The van der Waals surface area contributed by atoms with Gasteiger partial charge in [0.1, 0.15) is 6.54 Å². The first-order valence-electron chi connectivity index (χ1n) is 6.52. The highest BCUT2D eigenvalue weighted by atomic mass is 16.5. The molecule has 3 atom stereocenters. The molecule has 0 radical (unpaired) electrons. The van der Waals surface area contributed by atoms with E-state index in [1.807, 2.05) is 6.92 Å². The van der Waals surface area contributed by atoms with Crippen molar-refractivity contribution in [2.45, 2.75) is 50.9 Å². The van der Waals surface area contributed by atoms with E-state index in [0.29, 0.717) is 6.54 Å². The van der Waals surface area contributed by atoms with Crippen molar-refractivity contribution in [1.29, 1.82) is 0 Å². The summed E-state index contributed by atoms with van der Waals surface area (Å²) >= 11 is 0. The number of nitrogens with one attached hydrogen (secondary N) is 1. The largest absolute Gasteiger partial charge is 0.480 e. The second-order valence-corrected chi connectivity index (χ2v) is 4.98. The summed E-state index contributed by atoms with van der Waals surface area (Å²) in [5, 5.41) is 11.7. The number of urea groups is 1. The van der Waals surface area contributed by atoms with Crippen LogP contribution in [0, 0.1) is 0 Å². The van der Waals surface area contributed by atoms with E-state index in [-0.39, 0.29) is 30.8 Å². The molecule has 2 bridgehead atoms. The zero-order valence-corrected chi connectivity index (χ0v) is 10.6. The lowest BCUT2D eigenvalue weighted by Crippen LogP contribution is -2.49. The summed E-state index contributed by atoms with van der Waals surface area (Å²) in [6, 6.07) is -0.246. The van der Waals surface area contributed by atoms with Crippen LogP contribution in [0.1, 0.15) is 32.6 Å². The summed E-state index contributed by atoms with van der Waals surface area (Å²) in [6.45, 7) is 2.13. The van der Waals surface area contributed by atoms with Crippen molar-refractivity contribution in [3.8, 4) is 0 Å². The number of hydrogen-bond acceptors (Lipinski definition) is 3. The number of fused-ring (bicyclic) bond motifs is 2. The van der Waals surface area contributed by atoms with E-state index in [1.165, 1.54) is 4.90 Å². The Hall–Kier alpha value is -1.30. The Labute approximate surface area is 106 Å². The van der Waals surface area contributed by atoms with Gasteiger partial charge in [0.25, 0.3) is 0 Å². The minimum atomic E-state index is -0.984. The van der Waals surface area contributed by atoms with Crippen LogP contribution in [0.5, 0.6) is 0 Å². The monoisotopic (exact) mass is 256 g/mol. The minimum Gasteiger partial charge on any atom is -0.480 e. The number of carbonyl (C=O) groups is 2. The molecule has 3 unspecified atom stereocenters. The summed E-state index contributed by atoms with van der Waals surface area (Å²) < 4.78 is 5.66. The average Bonchev–Trinajstić information content (AvgIpc) is 2.89. The molecule has 2 saturated heterocycles. The van der Waals surface area contributed by atoms with E-state index in [2.05, 4.69) is 5.32 Å². The quantitative estimate of drug-likeness (QED) is 0.763. The van der Waals surface area contributed by atoms with Gasteiger partial charge in [-0.1, -0.05) is 6.92 Å². The Bertz CT molecular complexity index is 334. The highest BCUT2D eigenvalue weighted by molar-refractivity contribution is 5.80. The number of aliphatic carboxylic acids is 1. The van der Waals surface area contributed by atoms with Crippen molar-refractivity contribution in [2.24, 2.45) is 0 Å². The van der Waals surface area contributed by atoms with Crippen molar-refractivity contribution in [2.75, 3.05) is 13.1 Å². The molecule has 18 heavy (non-hydrogen) atoms. The second kappa shape index (κ2) is 5.56. The van der Waals surface area contributed by atoms with Gasteiger partial charge in [-0.2, -0.15) is 0 Å². The number of nitrogens with zero attached hydrogens (tertiary/aromatic N) is 1. The van der Waals surface area contributed by atoms with Crippen LogP contribution in [0.15, 0.2) is 0 Å². The zero-order valence-electron chi connectivity index (χ0n) is 10.6. The number of hydrogen-bond donors (Lipinski definition) is 2. The number of amides is 2. The van der Waals surface area contributed by atoms with Gasteiger partial charge in [-0.3, -0.25) is 4.79 Å². The molecule has 102 valence electrons. The molecular formula is C12H20N2O4. The van der Waals surface area contributed by atoms with E-state index in [9.17, 15) is 9.59 Å². The molecule has 0 spiro atoms. The topological polar surface area (TPSA) is 78.9 Å². The van der Waals surface area contributed by atoms with Gasteiger partial charge in [0, 0.05) is 6.54 Å². The Morgan fingerprint density at radius 1 is 1.44 bits per heavy atom. The predicted molar refractivity (Wildman–Crippen MR) is 64.3 cm³/mol. The molecule has 0 aromatic rings. The molecule has 2 aliphatic heterocycles. The molecule has 2 rings (SSSR count). The fourth-order valence-electron chi connectivity index (χ4n) is 2.73. The lowest BCUT2D eigenvalue weighted by Gasteiger charge is -2.25. The summed E-state index contributed by atoms with van der Waals surface area (Å²) in [7, 11) is 0. The first kappa shape index (κ1) is 13.1. The van der Waals surface area contributed by atoms with Gasteiger partial charge in [-0.15, -0.1) is 0 Å². The maximum atomic E-state index is 12.0. The maximum Gasteiger partial charge on any atom is 0.323 e. The first-order chi connectivity index (χ1) is 8.60. The van der Waals surface area contributed by atoms with E-state index in [4.69, 9.17) is 9.84 Å². The molecule has 0 aliphatic carbocycles. The lowest BCUT2D eigenvalue weighted by atomic mass is 9.96. The van der Waals surface area contributed by atoms with Gasteiger partial charge >= 0.3 is 12.0 Å². The van der Waals surface area contributed by atoms with Gasteiger partial charge in [-0.05, 0) is 25.7 Å². The van der Waals surface area contributed by atoms with E-state index in [1.54, 1.807) is 0 Å². The Morgan fingerprint density at radius 2 is 2.22 bits per heavy atom. The molecule has 6 heteroatoms. The third kappa shape index (κ3) is 2.93. The van der Waals surface area contributed by atoms with Gasteiger partial charge < -0.3 is 20.1 Å². The predicted octanol–water partition coefficient (Wildman–Crippen LogP) is 0.812. The molecule has 2 N–H and O–H groups in total. The van der Waals surface area contributed by atoms with Crippen LogP contribution < -0.4 is 5.32 Å². The van der Waals surface area contributed by atoms with Crippen LogP contribution in [0.3, 0.4) is 0 Å². The average molecular weight is 256 g/mol. The number of rotatable bonds is 5. The van der Waals surface area contributed by atoms with Crippen LogP contribution in [0.4, 0.5) is 4.79 Å². The fourth-order valence-corrected chi connectivity index (χ4v) is 2.73. The van der Waals surface area contributed by atoms with Crippen molar-refractivity contribution >= 4 is 12.0 Å². The maximum absolute atomic E-state index is 12.0. The lowest BCUT2D eigenvalue weighted by molar-refractivity contribution is -0.137. The van der Waals surface area contributed by atoms with Crippen LogP contribution in [0.2, 0.25) is 0 Å². The van der Waals surface area contributed by atoms with Crippen LogP contribution in [-0.2, 0) is 9.53 Å². The normalized spacial score (nSPS) is 29.3. The molecule has 2 fully saturated rings. The first-order valence-corrected chi connectivity index (χ1v) is 6.52. The molecule has 6 nitrogen and oxygen atoms in total. The summed E-state index contributed by atoms with van der Waals surface area (Å²) in [5.41, 5.74) is 0. The SMILES string of the molecule is CCCN(CC(=O)O)C(=O)NC1CC2CCC1O2. The van der Waals surface area contributed by atoms with E-state index in [0.717, 1.165) is 25.7 Å². The van der Waals surface area contributed by atoms with Crippen molar-refractivity contribution in [1.82, 2.24) is 10.2 Å². The third-order valence-corrected chi connectivity index (χ3v) is 3.52. The van der Waals surface area contributed by atoms with Gasteiger partial charge in [0.05, 0.1) is 18.2 Å². The third-order valence-electron chi connectivity index (χ3n) is 3.52. The molecule has 2 amide bonds. The Morgan fingerprint density at radius 3 is 2.72 bits per heavy atom. The number of carboxylic acids is 1. The molecular weight excluding hydrogens is 236 g/mol. The van der Waals surface area contributed by atoms with Crippen LogP contribution >= 0.6 is 0 Å². The zero-order chi connectivity index (χ0) is 13.1. The van der Waals surface area contributed by atoms with Crippen molar-refractivity contribution in [3.05, 3.63) is 0 Å².